The molecule has 2 rings (SSSR count). The van der Waals surface area contributed by atoms with Crippen LogP contribution >= 0.6 is 0 Å². The fourth-order valence-electron chi connectivity index (χ4n) is 2.49. The first-order chi connectivity index (χ1) is 9.28. The van der Waals surface area contributed by atoms with Crippen LogP contribution in [0.1, 0.15) is 32.6 Å². The highest BCUT2D eigenvalue weighted by Gasteiger charge is 2.36. The van der Waals surface area contributed by atoms with Gasteiger partial charge in [0.25, 0.3) is 10.2 Å². The summed E-state index contributed by atoms with van der Waals surface area (Å²) in [6, 6.07) is 6.47. The second-order valence-electron chi connectivity index (χ2n) is 5.45. The van der Waals surface area contributed by atoms with E-state index < -0.39 is 10.2 Å². The monoisotopic (exact) mass is 297 g/mol. The van der Waals surface area contributed by atoms with Gasteiger partial charge in [0.2, 0.25) is 5.91 Å². The average molecular weight is 297 g/mol. The van der Waals surface area contributed by atoms with Gasteiger partial charge in [-0.3, -0.25) is 9.52 Å². The third-order valence-corrected chi connectivity index (χ3v) is 4.16. The van der Waals surface area contributed by atoms with Crippen molar-refractivity contribution in [3.8, 4) is 0 Å². The van der Waals surface area contributed by atoms with Gasteiger partial charge in [-0.1, -0.05) is 25.8 Å². The SMILES string of the molecule is CC1(C(=O)Nc2cccc(NS(N)(=O)=O)c2)CCCC1. The van der Waals surface area contributed by atoms with Crippen LogP contribution in [0.4, 0.5) is 11.4 Å². The maximum absolute atomic E-state index is 12.3. The maximum atomic E-state index is 12.3. The van der Waals surface area contributed by atoms with Crippen LogP contribution in [0.25, 0.3) is 0 Å². The van der Waals surface area contributed by atoms with Crippen LogP contribution < -0.4 is 15.2 Å². The molecule has 110 valence electrons. The summed E-state index contributed by atoms with van der Waals surface area (Å²) in [5, 5.41) is 7.75. The molecule has 0 radical (unpaired) electrons. The molecule has 1 fully saturated rings. The number of hydrogen-bond donors (Lipinski definition) is 3. The number of hydrogen-bond acceptors (Lipinski definition) is 3. The Labute approximate surface area is 118 Å². The summed E-state index contributed by atoms with van der Waals surface area (Å²) in [5.41, 5.74) is 0.544. The molecule has 0 bridgehead atoms. The largest absolute Gasteiger partial charge is 0.326 e. The molecule has 0 atom stereocenters. The van der Waals surface area contributed by atoms with Crippen LogP contribution in [-0.2, 0) is 15.0 Å². The van der Waals surface area contributed by atoms with E-state index >= 15 is 0 Å². The predicted octanol–water partition coefficient (Wildman–Crippen LogP) is 1.82. The number of nitrogens with one attached hydrogen (secondary N) is 2. The van der Waals surface area contributed by atoms with Crippen molar-refractivity contribution in [1.29, 1.82) is 0 Å². The van der Waals surface area contributed by atoms with Gasteiger partial charge >= 0.3 is 0 Å². The Kier molecular flexibility index (Phi) is 4.01. The summed E-state index contributed by atoms with van der Waals surface area (Å²) in [6.45, 7) is 1.96. The normalized spacial score (nSPS) is 17.7. The van der Waals surface area contributed by atoms with E-state index in [2.05, 4.69) is 10.0 Å². The molecule has 1 aromatic carbocycles. The van der Waals surface area contributed by atoms with Gasteiger partial charge in [0.1, 0.15) is 0 Å². The summed E-state index contributed by atoms with van der Waals surface area (Å²) in [6.07, 6.45) is 3.90. The molecule has 0 unspecified atom stereocenters. The molecule has 20 heavy (non-hydrogen) atoms. The topological polar surface area (TPSA) is 101 Å². The van der Waals surface area contributed by atoms with Crippen molar-refractivity contribution in [2.24, 2.45) is 10.6 Å². The van der Waals surface area contributed by atoms with Crippen LogP contribution in [0.2, 0.25) is 0 Å². The zero-order chi connectivity index (χ0) is 14.8. The standard InChI is InChI=1S/C13H19N3O3S/c1-13(7-2-3-8-13)12(17)15-10-5-4-6-11(9-10)16-20(14,18)19/h4-6,9,16H,2-3,7-8H2,1H3,(H,15,17)(H2,14,18,19). The Hall–Kier alpha value is -1.60. The quantitative estimate of drug-likeness (QED) is 0.790. The first kappa shape index (κ1) is 14.8. The van der Waals surface area contributed by atoms with Crippen LogP contribution in [0.5, 0.6) is 0 Å². The highest BCUT2D eigenvalue weighted by Crippen LogP contribution is 2.38. The summed E-state index contributed by atoms with van der Waals surface area (Å²) < 4.78 is 24.1. The molecule has 0 spiro atoms. The van der Waals surface area contributed by atoms with Crippen LogP contribution in [0.15, 0.2) is 24.3 Å². The summed E-state index contributed by atoms with van der Waals surface area (Å²) in [5.74, 6) is -0.0252. The van der Waals surface area contributed by atoms with Crippen molar-refractivity contribution in [2.75, 3.05) is 10.0 Å². The predicted molar refractivity (Wildman–Crippen MR) is 78.4 cm³/mol. The van der Waals surface area contributed by atoms with Crippen LogP contribution in [-0.4, -0.2) is 14.3 Å². The summed E-state index contributed by atoms with van der Waals surface area (Å²) in [7, 11) is -3.81. The Balaban J connectivity index is 2.10. The van der Waals surface area contributed by atoms with E-state index in [1.54, 1.807) is 24.3 Å². The zero-order valence-electron chi connectivity index (χ0n) is 11.3. The Morgan fingerprint density at radius 1 is 1.25 bits per heavy atom. The average Bonchev–Trinajstić information content (AvgIpc) is 2.76. The molecule has 4 N–H and O–H groups in total. The smallest absolute Gasteiger partial charge is 0.296 e. The van der Waals surface area contributed by atoms with E-state index in [0.29, 0.717) is 11.4 Å². The molecule has 0 aromatic heterocycles. The first-order valence-electron chi connectivity index (χ1n) is 6.51. The molecule has 1 saturated carbocycles. The number of carbonyl (C=O) groups is 1. The number of anilines is 2. The second kappa shape index (κ2) is 5.41. The Bertz CT molecular complexity index is 607. The van der Waals surface area contributed by atoms with Gasteiger partial charge in [0.05, 0.1) is 5.69 Å². The Morgan fingerprint density at radius 3 is 2.45 bits per heavy atom. The number of nitrogens with two attached hydrogens (primary N) is 1. The van der Waals surface area contributed by atoms with E-state index in [4.69, 9.17) is 5.14 Å². The number of rotatable bonds is 4. The fraction of sp³-hybridized carbons (Fsp3) is 0.462. The number of amides is 1. The third kappa shape index (κ3) is 3.71. The molecule has 1 aliphatic carbocycles. The highest BCUT2D eigenvalue weighted by molar-refractivity contribution is 7.90. The van der Waals surface area contributed by atoms with Crippen molar-refractivity contribution in [3.05, 3.63) is 24.3 Å². The second-order valence-corrected chi connectivity index (χ2v) is 6.74. The first-order valence-corrected chi connectivity index (χ1v) is 8.05. The van der Waals surface area contributed by atoms with Crippen molar-refractivity contribution < 1.29 is 13.2 Å². The molecular formula is C13H19N3O3S. The van der Waals surface area contributed by atoms with Gasteiger partial charge in [0, 0.05) is 11.1 Å². The molecule has 6 nitrogen and oxygen atoms in total. The molecule has 0 aliphatic heterocycles. The summed E-state index contributed by atoms with van der Waals surface area (Å²) >= 11 is 0. The van der Waals surface area contributed by atoms with E-state index in [9.17, 15) is 13.2 Å². The van der Waals surface area contributed by atoms with Crippen LogP contribution in [0.3, 0.4) is 0 Å². The minimum Gasteiger partial charge on any atom is -0.326 e. The van der Waals surface area contributed by atoms with Gasteiger partial charge in [-0.15, -0.1) is 0 Å². The van der Waals surface area contributed by atoms with E-state index in [1.165, 1.54) is 0 Å². The van der Waals surface area contributed by atoms with E-state index in [1.807, 2.05) is 6.92 Å². The summed E-state index contributed by atoms with van der Waals surface area (Å²) in [4.78, 5) is 12.3. The fourth-order valence-corrected chi connectivity index (χ4v) is 2.94. The lowest BCUT2D eigenvalue weighted by atomic mass is 9.88. The molecule has 1 amide bonds. The van der Waals surface area contributed by atoms with Crippen molar-refractivity contribution in [3.63, 3.8) is 0 Å². The zero-order valence-corrected chi connectivity index (χ0v) is 12.2. The molecular weight excluding hydrogens is 278 g/mol. The lowest BCUT2D eigenvalue weighted by molar-refractivity contribution is -0.124. The minimum absolute atomic E-state index is 0.0252. The molecule has 1 aliphatic rings. The van der Waals surface area contributed by atoms with Crippen molar-refractivity contribution in [2.45, 2.75) is 32.6 Å². The van der Waals surface area contributed by atoms with Gasteiger partial charge < -0.3 is 5.32 Å². The molecule has 0 heterocycles. The highest BCUT2D eigenvalue weighted by atomic mass is 32.2. The van der Waals surface area contributed by atoms with Crippen LogP contribution in [0, 0.1) is 5.41 Å². The van der Waals surface area contributed by atoms with Crippen molar-refractivity contribution in [1.82, 2.24) is 0 Å². The lowest BCUT2D eigenvalue weighted by Crippen LogP contribution is -2.30. The van der Waals surface area contributed by atoms with E-state index in [0.717, 1.165) is 25.7 Å². The number of benzene rings is 1. The lowest BCUT2D eigenvalue weighted by Gasteiger charge is -2.22. The maximum Gasteiger partial charge on any atom is 0.296 e. The van der Waals surface area contributed by atoms with Gasteiger partial charge in [-0.2, -0.15) is 8.42 Å². The molecule has 0 saturated heterocycles. The van der Waals surface area contributed by atoms with Gasteiger partial charge in [0.15, 0.2) is 0 Å². The Morgan fingerprint density at radius 2 is 1.85 bits per heavy atom. The van der Waals surface area contributed by atoms with Crippen molar-refractivity contribution >= 4 is 27.5 Å². The van der Waals surface area contributed by atoms with Gasteiger partial charge in [-0.05, 0) is 31.0 Å². The van der Waals surface area contributed by atoms with E-state index in [-0.39, 0.29) is 11.3 Å². The third-order valence-electron chi connectivity index (χ3n) is 3.64. The molecule has 1 aromatic rings. The minimum atomic E-state index is -3.81. The molecule has 7 heteroatoms. The number of carbonyl (C=O) groups excluding carboxylic acids is 1. The van der Waals surface area contributed by atoms with Gasteiger partial charge in [-0.25, -0.2) is 5.14 Å².